The Morgan fingerprint density at radius 1 is 1.00 bits per heavy atom. The summed E-state index contributed by atoms with van der Waals surface area (Å²) < 4.78 is 7.47. The number of esters is 1. The Kier molecular flexibility index (Phi) is 5.50. The van der Waals surface area contributed by atoms with Crippen LogP contribution in [0, 0.1) is 13.8 Å². The molecule has 0 bridgehead atoms. The molecule has 0 aliphatic carbocycles. The van der Waals surface area contributed by atoms with Gasteiger partial charge in [0.25, 0.3) is 0 Å². The minimum atomic E-state index is -0.275. The van der Waals surface area contributed by atoms with E-state index in [9.17, 15) is 4.79 Å². The van der Waals surface area contributed by atoms with Gasteiger partial charge in [-0.3, -0.25) is 0 Å². The molecule has 0 N–H and O–H groups in total. The third kappa shape index (κ3) is 3.68. The lowest BCUT2D eigenvalue weighted by Gasteiger charge is -2.14. The van der Waals surface area contributed by atoms with E-state index in [1.165, 1.54) is 5.56 Å². The highest BCUT2D eigenvalue weighted by atomic mass is 16.5. The number of carbonyl (C=O) groups excluding carboxylic acids is 1. The van der Waals surface area contributed by atoms with E-state index in [2.05, 4.69) is 70.3 Å². The molecule has 140 valence electrons. The maximum Gasteiger partial charge on any atom is 0.355 e. The van der Waals surface area contributed by atoms with Crippen molar-refractivity contribution in [3.63, 3.8) is 0 Å². The van der Waals surface area contributed by atoms with Crippen LogP contribution in [0.1, 0.15) is 48.4 Å². The predicted octanol–water partition coefficient (Wildman–Crippen LogP) is 6.20. The van der Waals surface area contributed by atoms with Crippen LogP contribution in [-0.4, -0.2) is 17.1 Å². The molecule has 0 saturated heterocycles. The first-order valence-electron chi connectivity index (χ1n) is 9.49. The summed E-state index contributed by atoms with van der Waals surface area (Å²) in [6.45, 7) is 10.5. The van der Waals surface area contributed by atoms with E-state index in [0.717, 1.165) is 27.8 Å². The first-order chi connectivity index (χ1) is 12.9. The molecule has 1 aromatic heterocycles. The first-order valence-corrected chi connectivity index (χ1v) is 9.49. The molecule has 3 rings (SSSR count). The summed E-state index contributed by atoms with van der Waals surface area (Å²) in [5.41, 5.74) is 7.14. The van der Waals surface area contributed by atoms with Crippen molar-refractivity contribution in [1.29, 1.82) is 0 Å². The quantitative estimate of drug-likeness (QED) is 0.507. The van der Waals surface area contributed by atoms with Crippen molar-refractivity contribution < 1.29 is 9.53 Å². The zero-order chi connectivity index (χ0) is 19.6. The summed E-state index contributed by atoms with van der Waals surface area (Å²) in [5.74, 6) is -0.275. The van der Waals surface area contributed by atoms with Gasteiger partial charge in [-0.2, -0.15) is 0 Å². The molecule has 0 spiro atoms. The number of ether oxygens (including phenoxy) is 1. The lowest BCUT2D eigenvalue weighted by molar-refractivity contribution is 0.0513. The third-order valence-corrected chi connectivity index (χ3v) is 4.83. The number of aryl methyl sites for hydroxylation is 2. The highest BCUT2D eigenvalue weighted by Gasteiger charge is 2.26. The monoisotopic (exact) mass is 361 g/mol. The second-order valence-electron chi connectivity index (χ2n) is 7.17. The Morgan fingerprint density at radius 2 is 1.67 bits per heavy atom. The number of hydrogen-bond donors (Lipinski definition) is 0. The summed E-state index contributed by atoms with van der Waals surface area (Å²) in [7, 11) is 0. The van der Waals surface area contributed by atoms with E-state index < -0.39 is 0 Å². The van der Waals surface area contributed by atoms with Crippen LogP contribution in [-0.2, 0) is 4.74 Å². The fourth-order valence-corrected chi connectivity index (χ4v) is 3.42. The van der Waals surface area contributed by atoms with E-state index in [1.54, 1.807) is 0 Å². The van der Waals surface area contributed by atoms with Crippen LogP contribution in [0.5, 0.6) is 0 Å². The standard InChI is InChI=1S/C24H27NO2/c1-6-27-24(26)23-22(20-10-8-7-9-18(20)5)21(15-25(23)16(2)3)19-13-11-17(4)12-14-19/h7-16H,6H2,1-5H3. The van der Waals surface area contributed by atoms with Crippen LogP contribution < -0.4 is 0 Å². The molecule has 0 atom stereocenters. The van der Waals surface area contributed by atoms with Crippen molar-refractivity contribution in [3.8, 4) is 22.3 Å². The largest absolute Gasteiger partial charge is 0.461 e. The lowest BCUT2D eigenvalue weighted by atomic mass is 9.93. The number of rotatable bonds is 5. The fourth-order valence-electron chi connectivity index (χ4n) is 3.42. The second kappa shape index (κ2) is 7.83. The molecule has 0 aliphatic rings. The van der Waals surface area contributed by atoms with E-state index >= 15 is 0 Å². The SMILES string of the molecule is CCOC(=O)c1c(-c2ccccc2C)c(-c2ccc(C)cc2)cn1C(C)C. The number of benzene rings is 2. The smallest absolute Gasteiger partial charge is 0.355 e. The van der Waals surface area contributed by atoms with Gasteiger partial charge in [-0.1, -0.05) is 54.1 Å². The summed E-state index contributed by atoms with van der Waals surface area (Å²) in [6.07, 6.45) is 2.09. The Hall–Kier alpha value is -2.81. The van der Waals surface area contributed by atoms with Crippen LogP contribution in [0.2, 0.25) is 0 Å². The maximum atomic E-state index is 12.9. The van der Waals surface area contributed by atoms with E-state index in [0.29, 0.717) is 12.3 Å². The summed E-state index contributed by atoms with van der Waals surface area (Å²) in [6, 6.07) is 16.8. The van der Waals surface area contributed by atoms with Gasteiger partial charge in [0.1, 0.15) is 5.69 Å². The molecule has 3 heteroatoms. The van der Waals surface area contributed by atoms with Crippen molar-refractivity contribution >= 4 is 5.97 Å². The van der Waals surface area contributed by atoms with Crippen LogP contribution in [0.4, 0.5) is 0 Å². The van der Waals surface area contributed by atoms with E-state index in [-0.39, 0.29) is 12.0 Å². The molecule has 3 aromatic rings. The van der Waals surface area contributed by atoms with Gasteiger partial charge >= 0.3 is 5.97 Å². The van der Waals surface area contributed by atoms with Gasteiger partial charge in [0, 0.05) is 23.4 Å². The topological polar surface area (TPSA) is 31.2 Å². The van der Waals surface area contributed by atoms with Crippen molar-refractivity contribution in [2.75, 3.05) is 6.61 Å². The van der Waals surface area contributed by atoms with Gasteiger partial charge < -0.3 is 9.30 Å². The summed E-state index contributed by atoms with van der Waals surface area (Å²) >= 11 is 0. The van der Waals surface area contributed by atoms with Gasteiger partial charge in [0.2, 0.25) is 0 Å². The predicted molar refractivity (Wildman–Crippen MR) is 111 cm³/mol. The van der Waals surface area contributed by atoms with E-state index in [4.69, 9.17) is 4.74 Å². The summed E-state index contributed by atoms with van der Waals surface area (Å²) in [5, 5.41) is 0. The molecule has 3 nitrogen and oxygen atoms in total. The Bertz CT molecular complexity index is 949. The van der Waals surface area contributed by atoms with Gasteiger partial charge in [0.15, 0.2) is 0 Å². The zero-order valence-electron chi connectivity index (χ0n) is 16.7. The number of carbonyl (C=O) groups is 1. The minimum absolute atomic E-state index is 0.145. The number of aromatic nitrogens is 1. The second-order valence-corrected chi connectivity index (χ2v) is 7.17. The maximum absolute atomic E-state index is 12.9. The molecular formula is C24H27NO2. The molecule has 1 heterocycles. The number of nitrogens with zero attached hydrogens (tertiary/aromatic N) is 1. The normalized spacial score (nSPS) is 11.0. The Labute approximate surface area is 161 Å². The van der Waals surface area contributed by atoms with Crippen molar-refractivity contribution in [2.45, 2.75) is 40.7 Å². The molecule has 0 amide bonds. The molecule has 0 radical (unpaired) electrons. The molecular weight excluding hydrogens is 334 g/mol. The average Bonchev–Trinajstić information content (AvgIpc) is 3.03. The highest BCUT2D eigenvalue weighted by molar-refractivity contribution is 6.02. The minimum Gasteiger partial charge on any atom is -0.461 e. The van der Waals surface area contributed by atoms with Crippen LogP contribution in [0.25, 0.3) is 22.3 Å². The van der Waals surface area contributed by atoms with Gasteiger partial charge in [-0.05, 0) is 51.3 Å². The molecule has 0 fully saturated rings. The van der Waals surface area contributed by atoms with Crippen molar-refractivity contribution in [3.05, 3.63) is 71.5 Å². The molecule has 27 heavy (non-hydrogen) atoms. The number of hydrogen-bond acceptors (Lipinski definition) is 2. The van der Waals surface area contributed by atoms with Gasteiger partial charge in [-0.15, -0.1) is 0 Å². The van der Waals surface area contributed by atoms with Crippen molar-refractivity contribution in [2.24, 2.45) is 0 Å². The van der Waals surface area contributed by atoms with Crippen LogP contribution >= 0.6 is 0 Å². The van der Waals surface area contributed by atoms with Gasteiger partial charge in [0.05, 0.1) is 6.61 Å². The third-order valence-electron chi connectivity index (χ3n) is 4.83. The van der Waals surface area contributed by atoms with Gasteiger partial charge in [-0.25, -0.2) is 4.79 Å². The molecule has 0 unspecified atom stereocenters. The molecule has 2 aromatic carbocycles. The summed E-state index contributed by atoms with van der Waals surface area (Å²) in [4.78, 5) is 12.9. The average molecular weight is 361 g/mol. The fraction of sp³-hybridized carbons (Fsp3) is 0.292. The first kappa shape index (κ1) is 19.0. The highest BCUT2D eigenvalue weighted by Crippen LogP contribution is 2.39. The lowest BCUT2D eigenvalue weighted by Crippen LogP contribution is -2.14. The molecule has 0 saturated carbocycles. The zero-order valence-corrected chi connectivity index (χ0v) is 16.7. The van der Waals surface area contributed by atoms with Crippen molar-refractivity contribution in [1.82, 2.24) is 4.57 Å². The van der Waals surface area contributed by atoms with E-state index in [1.807, 2.05) is 23.6 Å². The Morgan fingerprint density at radius 3 is 2.26 bits per heavy atom. The molecule has 0 aliphatic heterocycles. The van der Waals surface area contributed by atoms with Crippen LogP contribution in [0.3, 0.4) is 0 Å². The Balaban J connectivity index is 2.36. The van der Waals surface area contributed by atoms with Crippen LogP contribution in [0.15, 0.2) is 54.7 Å².